The van der Waals surface area contributed by atoms with Crippen LogP contribution in [-0.4, -0.2) is 19.1 Å². The topological polar surface area (TPSA) is 9.23 Å². The SMILES string of the molecule is COc1cccc(/C(=C/CBr)CF)c1. The van der Waals surface area contributed by atoms with E-state index in [0.29, 0.717) is 10.9 Å². The third-order valence-corrected chi connectivity index (χ3v) is 2.23. The Kier molecular flexibility index (Phi) is 4.66. The zero-order chi connectivity index (χ0) is 10.4. The fourth-order valence-electron chi connectivity index (χ4n) is 1.17. The molecule has 0 aliphatic rings. The molecular formula is C11H12BrFO. The molecule has 1 aromatic rings. The number of halogens is 2. The van der Waals surface area contributed by atoms with Crippen LogP contribution in [0.5, 0.6) is 5.75 Å². The second-order valence-corrected chi connectivity index (χ2v) is 3.40. The minimum Gasteiger partial charge on any atom is -0.497 e. The lowest BCUT2D eigenvalue weighted by Crippen LogP contribution is -1.89. The molecule has 0 aliphatic carbocycles. The molecule has 0 aromatic heterocycles. The standard InChI is InChI=1S/C11H12BrFO/c1-14-11-4-2-3-9(7-11)10(8-13)5-6-12/h2-5,7H,6,8H2,1H3/b10-5+. The predicted octanol–water partition coefficient (Wildman–Crippen LogP) is 3.44. The molecule has 0 saturated heterocycles. The van der Waals surface area contributed by atoms with Gasteiger partial charge in [-0.1, -0.05) is 34.1 Å². The first kappa shape index (κ1) is 11.2. The van der Waals surface area contributed by atoms with Gasteiger partial charge in [-0.25, -0.2) is 4.39 Å². The van der Waals surface area contributed by atoms with E-state index in [0.717, 1.165) is 11.3 Å². The van der Waals surface area contributed by atoms with Crippen LogP contribution in [0.25, 0.3) is 5.57 Å². The molecule has 0 aliphatic heterocycles. The van der Waals surface area contributed by atoms with Gasteiger partial charge in [0.25, 0.3) is 0 Å². The van der Waals surface area contributed by atoms with Gasteiger partial charge >= 0.3 is 0 Å². The highest BCUT2D eigenvalue weighted by Gasteiger charge is 2.01. The molecule has 0 heterocycles. The molecule has 1 nitrogen and oxygen atoms in total. The van der Waals surface area contributed by atoms with Crippen molar-refractivity contribution in [2.75, 3.05) is 19.1 Å². The van der Waals surface area contributed by atoms with Gasteiger partial charge in [-0.15, -0.1) is 0 Å². The van der Waals surface area contributed by atoms with Crippen molar-refractivity contribution >= 4 is 21.5 Å². The van der Waals surface area contributed by atoms with Gasteiger partial charge in [0.15, 0.2) is 0 Å². The third-order valence-electron chi connectivity index (χ3n) is 1.91. The van der Waals surface area contributed by atoms with Crippen molar-refractivity contribution in [2.24, 2.45) is 0 Å². The van der Waals surface area contributed by atoms with Crippen LogP contribution < -0.4 is 4.74 Å². The van der Waals surface area contributed by atoms with Crippen LogP contribution in [-0.2, 0) is 0 Å². The van der Waals surface area contributed by atoms with Crippen molar-refractivity contribution < 1.29 is 9.13 Å². The maximum atomic E-state index is 12.6. The van der Waals surface area contributed by atoms with E-state index in [4.69, 9.17) is 4.74 Å². The molecule has 0 unspecified atom stereocenters. The highest BCUT2D eigenvalue weighted by atomic mass is 79.9. The minimum absolute atomic E-state index is 0.460. The monoisotopic (exact) mass is 258 g/mol. The number of hydrogen-bond donors (Lipinski definition) is 0. The maximum absolute atomic E-state index is 12.6. The molecule has 0 radical (unpaired) electrons. The molecular weight excluding hydrogens is 247 g/mol. The van der Waals surface area contributed by atoms with Crippen LogP contribution in [0.15, 0.2) is 30.3 Å². The fourth-order valence-corrected chi connectivity index (χ4v) is 1.56. The van der Waals surface area contributed by atoms with Gasteiger partial charge in [-0.2, -0.15) is 0 Å². The van der Waals surface area contributed by atoms with Crippen LogP contribution in [0, 0.1) is 0 Å². The van der Waals surface area contributed by atoms with Gasteiger partial charge in [0.05, 0.1) is 7.11 Å². The van der Waals surface area contributed by atoms with E-state index in [1.807, 2.05) is 30.3 Å². The molecule has 0 fully saturated rings. The Hall–Kier alpha value is -0.830. The molecule has 76 valence electrons. The number of rotatable bonds is 4. The van der Waals surface area contributed by atoms with Crippen LogP contribution in [0.3, 0.4) is 0 Å². The highest BCUT2D eigenvalue weighted by molar-refractivity contribution is 9.09. The second-order valence-electron chi connectivity index (χ2n) is 2.75. The lowest BCUT2D eigenvalue weighted by molar-refractivity contribution is 0.414. The summed E-state index contributed by atoms with van der Waals surface area (Å²) < 4.78 is 17.7. The Labute approximate surface area is 91.7 Å². The van der Waals surface area contributed by atoms with E-state index in [-0.39, 0.29) is 0 Å². The quantitative estimate of drug-likeness (QED) is 0.752. The van der Waals surface area contributed by atoms with Crippen molar-refractivity contribution in [3.05, 3.63) is 35.9 Å². The Morgan fingerprint density at radius 1 is 1.57 bits per heavy atom. The predicted molar refractivity (Wildman–Crippen MR) is 60.7 cm³/mol. The summed E-state index contributed by atoms with van der Waals surface area (Å²) in [5.41, 5.74) is 1.55. The van der Waals surface area contributed by atoms with E-state index < -0.39 is 6.67 Å². The molecule has 0 saturated carbocycles. The number of hydrogen-bond acceptors (Lipinski definition) is 1. The van der Waals surface area contributed by atoms with E-state index in [1.165, 1.54) is 0 Å². The summed E-state index contributed by atoms with van der Waals surface area (Å²) in [5, 5.41) is 0.656. The summed E-state index contributed by atoms with van der Waals surface area (Å²) in [5.74, 6) is 0.747. The molecule has 14 heavy (non-hydrogen) atoms. The summed E-state index contributed by atoms with van der Waals surface area (Å²) in [6.45, 7) is -0.460. The first-order valence-corrected chi connectivity index (χ1v) is 5.39. The van der Waals surface area contributed by atoms with Crippen LogP contribution >= 0.6 is 15.9 Å². The van der Waals surface area contributed by atoms with Gasteiger partial charge in [0, 0.05) is 5.33 Å². The zero-order valence-corrected chi connectivity index (χ0v) is 9.55. The van der Waals surface area contributed by atoms with Crippen molar-refractivity contribution in [1.29, 1.82) is 0 Å². The zero-order valence-electron chi connectivity index (χ0n) is 7.97. The number of benzene rings is 1. The second kappa shape index (κ2) is 5.81. The van der Waals surface area contributed by atoms with Crippen LogP contribution in [0.4, 0.5) is 4.39 Å². The number of methoxy groups -OCH3 is 1. The summed E-state index contributed by atoms with van der Waals surface area (Å²) in [6, 6.07) is 7.39. The third kappa shape index (κ3) is 2.84. The summed E-state index contributed by atoms with van der Waals surface area (Å²) in [6.07, 6.45) is 1.81. The van der Waals surface area contributed by atoms with Gasteiger partial charge in [-0.3, -0.25) is 0 Å². The molecule has 0 amide bonds. The molecule has 0 spiro atoms. The summed E-state index contributed by atoms with van der Waals surface area (Å²) in [4.78, 5) is 0. The lowest BCUT2D eigenvalue weighted by Gasteiger charge is -2.05. The first-order chi connectivity index (χ1) is 6.81. The van der Waals surface area contributed by atoms with Gasteiger partial charge in [0.2, 0.25) is 0 Å². The van der Waals surface area contributed by atoms with Crippen LogP contribution in [0.1, 0.15) is 5.56 Å². The normalized spacial score (nSPS) is 11.5. The summed E-state index contributed by atoms with van der Waals surface area (Å²) in [7, 11) is 1.60. The van der Waals surface area contributed by atoms with E-state index >= 15 is 0 Å². The summed E-state index contributed by atoms with van der Waals surface area (Å²) >= 11 is 3.25. The van der Waals surface area contributed by atoms with Crippen molar-refractivity contribution in [3.63, 3.8) is 0 Å². The Morgan fingerprint density at radius 2 is 2.36 bits per heavy atom. The van der Waals surface area contributed by atoms with E-state index in [2.05, 4.69) is 15.9 Å². The molecule has 0 atom stereocenters. The largest absolute Gasteiger partial charge is 0.497 e. The van der Waals surface area contributed by atoms with Crippen molar-refractivity contribution in [2.45, 2.75) is 0 Å². The minimum atomic E-state index is -0.460. The smallest absolute Gasteiger partial charge is 0.119 e. The number of ether oxygens (including phenoxy) is 1. The van der Waals surface area contributed by atoms with Crippen molar-refractivity contribution in [1.82, 2.24) is 0 Å². The molecule has 0 bridgehead atoms. The van der Waals surface area contributed by atoms with Crippen LogP contribution in [0.2, 0.25) is 0 Å². The molecule has 1 aromatic carbocycles. The Morgan fingerprint density at radius 3 is 2.93 bits per heavy atom. The highest BCUT2D eigenvalue weighted by Crippen LogP contribution is 2.20. The lowest BCUT2D eigenvalue weighted by atomic mass is 10.1. The molecule has 0 N–H and O–H groups in total. The maximum Gasteiger partial charge on any atom is 0.119 e. The molecule has 1 rings (SSSR count). The fraction of sp³-hybridized carbons (Fsp3) is 0.273. The average Bonchev–Trinajstić information content (AvgIpc) is 2.26. The Balaban J connectivity index is 2.98. The first-order valence-electron chi connectivity index (χ1n) is 4.27. The van der Waals surface area contributed by atoms with E-state index in [1.54, 1.807) is 7.11 Å². The van der Waals surface area contributed by atoms with Gasteiger partial charge in [0.1, 0.15) is 12.4 Å². The Bertz CT molecular complexity index is 323. The average molecular weight is 259 g/mol. The number of alkyl halides is 2. The number of allylic oxidation sites excluding steroid dienone is 2. The molecule has 3 heteroatoms. The van der Waals surface area contributed by atoms with E-state index in [9.17, 15) is 4.39 Å². The van der Waals surface area contributed by atoms with Crippen molar-refractivity contribution in [3.8, 4) is 5.75 Å². The van der Waals surface area contributed by atoms with Gasteiger partial charge in [-0.05, 0) is 23.3 Å². The van der Waals surface area contributed by atoms with Gasteiger partial charge < -0.3 is 4.74 Å².